The second kappa shape index (κ2) is 7.36. The minimum Gasteiger partial charge on any atom is -0.426 e. The predicted octanol–water partition coefficient (Wildman–Crippen LogP) is 4.03. The van der Waals surface area contributed by atoms with E-state index in [0.717, 1.165) is 16.7 Å². The molecule has 0 radical (unpaired) electrons. The molecule has 0 bridgehead atoms. The molecule has 0 saturated heterocycles. The van der Waals surface area contributed by atoms with Gasteiger partial charge in [-0.1, -0.05) is 23.7 Å². The molecule has 6 heteroatoms. The number of esters is 1. The molecule has 0 N–H and O–H groups in total. The van der Waals surface area contributed by atoms with Crippen LogP contribution in [0, 0.1) is 20.8 Å². The quantitative estimate of drug-likeness (QED) is 0.592. The molecule has 4 nitrogen and oxygen atoms in total. The zero-order valence-electron chi connectivity index (χ0n) is 13.8. The zero-order chi connectivity index (χ0) is 17.9. The summed E-state index contributed by atoms with van der Waals surface area (Å²) in [4.78, 5) is 12.2. The second-order valence-corrected chi connectivity index (χ2v) is 8.20. The Morgan fingerprint density at radius 2 is 1.58 bits per heavy atom. The average molecular weight is 367 g/mol. The van der Waals surface area contributed by atoms with Crippen molar-refractivity contribution in [1.29, 1.82) is 0 Å². The van der Waals surface area contributed by atoms with Gasteiger partial charge >= 0.3 is 5.97 Å². The fraction of sp³-hybridized carbons (Fsp3) is 0.278. The Balaban J connectivity index is 2.06. The molecule has 0 spiro atoms. The number of rotatable bonds is 5. The van der Waals surface area contributed by atoms with Crippen LogP contribution in [0.25, 0.3) is 0 Å². The molecule has 0 saturated carbocycles. The van der Waals surface area contributed by atoms with E-state index in [4.69, 9.17) is 16.3 Å². The lowest BCUT2D eigenvalue weighted by Crippen LogP contribution is -2.16. The Morgan fingerprint density at radius 1 is 1.00 bits per heavy atom. The van der Waals surface area contributed by atoms with E-state index in [9.17, 15) is 13.2 Å². The standard InChI is InChI=1S/C18H19ClO4S/c1-12-4-5-13(2)18(14(12)3)23-17(20)10-11-24(21,22)16-8-6-15(19)7-9-16/h4-9H,10-11H2,1-3H3. The molecule has 2 aromatic rings. The molecule has 0 aliphatic heterocycles. The van der Waals surface area contributed by atoms with Crippen LogP contribution in [0.5, 0.6) is 5.75 Å². The van der Waals surface area contributed by atoms with E-state index < -0.39 is 15.8 Å². The lowest BCUT2D eigenvalue weighted by molar-refractivity contribution is -0.134. The fourth-order valence-electron chi connectivity index (χ4n) is 2.22. The lowest BCUT2D eigenvalue weighted by Gasteiger charge is -2.12. The van der Waals surface area contributed by atoms with Crippen LogP contribution in [-0.2, 0) is 14.6 Å². The summed E-state index contributed by atoms with van der Waals surface area (Å²) in [5, 5.41) is 0.457. The molecule has 24 heavy (non-hydrogen) atoms. The molecule has 0 aliphatic carbocycles. The van der Waals surface area contributed by atoms with Crippen molar-refractivity contribution >= 4 is 27.4 Å². The second-order valence-electron chi connectivity index (χ2n) is 5.65. The van der Waals surface area contributed by atoms with Gasteiger partial charge in [-0.25, -0.2) is 8.42 Å². The largest absolute Gasteiger partial charge is 0.426 e. The highest BCUT2D eigenvalue weighted by atomic mass is 35.5. The van der Waals surface area contributed by atoms with E-state index in [1.54, 1.807) is 0 Å². The van der Waals surface area contributed by atoms with E-state index in [-0.39, 0.29) is 17.1 Å². The SMILES string of the molecule is Cc1ccc(C)c(OC(=O)CCS(=O)(=O)c2ccc(Cl)cc2)c1C. The Labute approximate surface area is 147 Å². The van der Waals surface area contributed by atoms with Crippen LogP contribution in [0.2, 0.25) is 5.02 Å². The minimum atomic E-state index is -3.55. The number of aryl methyl sites for hydroxylation is 2. The van der Waals surface area contributed by atoms with Crippen molar-refractivity contribution in [2.45, 2.75) is 32.1 Å². The van der Waals surface area contributed by atoms with E-state index in [0.29, 0.717) is 10.8 Å². The number of sulfone groups is 1. The molecule has 0 unspecified atom stereocenters. The van der Waals surface area contributed by atoms with Gasteiger partial charge in [0.15, 0.2) is 9.84 Å². The van der Waals surface area contributed by atoms with Crippen molar-refractivity contribution in [2.75, 3.05) is 5.75 Å². The first kappa shape index (κ1) is 18.5. The molecule has 0 atom stereocenters. The number of carbonyl (C=O) groups is 1. The number of carbonyl (C=O) groups excluding carboxylic acids is 1. The fourth-order valence-corrected chi connectivity index (χ4v) is 3.57. The zero-order valence-corrected chi connectivity index (χ0v) is 15.4. The minimum absolute atomic E-state index is 0.141. The molecule has 2 rings (SSSR count). The highest BCUT2D eigenvalue weighted by Crippen LogP contribution is 2.26. The lowest BCUT2D eigenvalue weighted by atomic mass is 10.1. The van der Waals surface area contributed by atoms with Gasteiger partial charge in [-0.05, 0) is 61.7 Å². The third-order valence-corrected chi connectivity index (χ3v) is 5.82. The summed E-state index contributed by atoms with van der Waals surface area (Å²) in [7, 11) is -3.55. The number of ether oxygens (including phenoxy) is 1. The summed E-state index contributed by atoms with van der Waals surface area (Å²) in [6.45, 7) is 5.64. The topological polar surface area (TPSA) is 60.4 Å². The van der Waals surface area contributed by atoms with E-state index >= 15 is 0 Å². The maximum atomic E-state index is 12.2. The summed E-state index contributed by atoms with van der Waals surface area (Å²) in [5.74, 6) is -0.370. The molecule has 0 aliphatic rings. The van der Waals surface area contributed by atoms with Crippen molar-refractivity contribution < 1.29 is 17.9 Å². The monoisotopic (exact) mass is 366 g/mol. The smallest absolute Gasteiger partial charge is 0.312 e. The van der Waals surface area contributed by atoms with Crippen molar-refractivity contribution in [3.63, 3.8) is 0 Å². The number of benzene rings is 2. The number of hydrogen-bond donors (Lipinski definition) is 0. The van der Waals surface area contributed by atoms with Gasteiger partial charge in [-0.3, -0.25) is 4.79 Å². The molecule has 2 aromatic carbocycles. The van der Waals surface area contributed by atoms with Gasteiger partial charge in [0, 0.05) is 5.02 Å². The predicted molar refractivity (Wildman–Crippen MR) is 94.4 cm³/mol. The third-order valence-electron chi connectivity index (χ3n) is 3.84. The molecule has 0 aromatic heterocycles. The Morgan fingerprint density at radius 3 is 2.21 bits per heavy atom. The van der Waals surface area contributed by atoms with Crippen molar-refractivity contribution in [1.82, 2.24) is 0 Å². The highest BCUT2D eigenvalue weighted by Gasteiger charge is 2.18. The normalized spacial score (nSPS) is 11.3. The summed E-state index contributed by atoms with van der Waals surface area (Å²) in [6, 6.07) is 9.69. The Bertz CT molecular complexity index is 855. The van der Waals surface area contributed by atoms with Gasteiger partial charge in [0.05, 0.1) is 17.1 Å². The van der Waals surface area contributed by atoms with Gasteiger partial charge < -0.3 is 4.74 Å². The van der Waals surface area contributed by atoms with E-state index in [1.807, 2.05) is 32.9 Å². The molecular weight excluding hydrogens is 348 g/mol. The van der Waals surface area contributed by atoms with Crippen molar-refractivity contribution in [2.24, 2.45) is 0 Å². The van der Waals surface area contributed by atoms with Crippen molar-refractivity contribution in [3.05, 3.63) is 58.1 Å². The summed E-state index contributed by atoms with van der Waals surface area (Å²) >= 11 is 5.75. The first-order valence-corrected chi connectivity index (χ1v) is 9.49. The van der Waals surface area contributed by atoms with Crippen LogP contribution in [0.3, 0.4) is 0 Å². The average Bonchev–Trinajstić information content (AvgIpc) is 2.54. The van der Waals surface area contributed by atoms with E-state index in [1.165, 1.54) is 24.3 Å². The van der Waals surface area contributed by atoms with Crippen LogP contribution in [0.15, 0.2) is 41.3 Å². The first-order chi connectivity index (χ1) is 11.2. The Hall–Kier alpha value is -1.85. The maximum absolute atomic E-state index is 12.2. The van der Waals surface area contributed by atoms with E-state index in [2.05, 4.69) is 0 Å². The third kappa shape index (κ3) is 4.36. The summed E-state index contributed by atoms with van der Waals surface area (Å²) < 4.78 is 29.9. The number of halogens is 1. The molecule has 0 fully saturated rings. The van der Waals surface area contributed by atoms with Crippen molar-refractivity contribution in [3.8, 4) is 5.75 Å². The van der Waals surface area contributed by atoms with Crippen LogP contribution >= 0.6 is 11.6 Å². The molecule has 128 valence electrons. The van der Waals surface area contributed by atoms with Gasteiger partial charge in [0.2, 0.25) is 0 Å². The maximum Gasteiger partial charge on any atom is 0.312 e. The molecule has 0 amide bonds. The van der Waals surface area contributed by atoms with Gasteiger partial charge in [-0.15, -0.1) is 0 Å². The van der Waals surface area contributed by atoms with Gasteiger partial charge in [-0.2, -0.15) is 0 Å². The van der Waals surface area contributed by atoms with Crippen LogP contribution < -0.4 is 4.74 Å². The first-order valence-electron chi connectivity index (χ1n) is 7.46. The number of hydrogen-bond acceptors (Lipinski definition) is 4. The summed E-state index contributed by atoms with van der Waals surface area (Å²) in [6.07, 6.45) is -0.211. The summed E-state index contributed by atoms with van der Waals surface area (Å²) in [5.41, 5.74) is 2.73. The van der Waals surface area contributed by atoms with Crippen LogP contribution in [-0.4, -0.2) is 20.1 Å². The van der Waals surface area contributed by atoms with Gasteiger partial charge in [0.1, 0.15) is 5.75 Å². The molecule has 0 heterocycles. The highest BCUT2D eigenvalue weighted by molar-refractivity contribution is 7.91. The van der Waals surface area contributed by atoms with Crippen LogP contribution in [0.1, 0.15) is 23.1 Å². The Kier molecular flexibility index (Phi) is 5.67. The van der Waals surface area contributed by atoms with Gasteiger partial charge in [0.25, 0.3) is 0 Å². The molecular formula is C18H19ClO4S. The van der Waals surface area contributed by atoms with Crippen LogP contribution in [0.4, 0.5) is 0 Å².